The molecule has 2 amide bonds. The summed E-state index contributed by atoms with van der Waals surface area (Å²) in [6.07, 6.45) is 0.946. The van der Waals surface area contributed by atoms with Crippen molar-refractivity contribution < 1.29 is 14.3 Å². The van der Waals surface area contributed by atoms with E-state index in [9.17, 15) is 9.59 Å². The fourth-order valence-corrected chi connectivity index (χ4v) is 3.68. The summed E-state index contributed by atoms with van der Waals surface area (Å²) in [4.78, 5) is 25.4. The molecule has 0 radical (unpaired) electrons. The predicted molar refractivity (Wildman–Crippen MR) is 135 cm³/mol. The maximum Gasteiger partial charge on any atom is 0.265 e. The van der Waals surface area contributed by atoms with Gasteiger partial charge in [0.15, 0.2) is 6.10 Å². The number of nitrogens with one attached hydrogen (secondary N) is 2. The molecule has 0 aliphatic heterocycles. The van der Waals surface area contributed by atoms with Crippen molar-refractivity contribution in [1.82, 2.24) is 0 Å². The third-order valence-corrected chi connectivity index (χ3v) is 5.97. The predicted octanol–water partition coefficient (Wildman–Crippen LogP) is 6.43. The second-order valence-corrected chi connectivity index (χ2v) is 8.21. The molecule has 2 N–H and O–H groups in total. The van der Waals surface area contributed by atoms with Crippen LogP contribution in [0.3, 0.4) is 0 Å². The van der Waals surface area contributed by atoms with Gasteiger partial charge in [-0.3, -0.25) is 9.59 Å². The summed E-state index contributed by atoms with van der Waals surface area (Å²) in [6, 6.07) is 18.2. The molecular formula is C27H29ClN2O3. The summed E-state index contributed by atoms with van der Waals surface area (Å²) in [5.74, 6) is 0.0325. The van der Waals surface area contributed by atoms with E-state index in [-0.39, 0.29) is 11.8 Å². The SMILES string of the molecule is CCc1cccc(CC)c1NC(=O)c1ccc(OC(C)C(=O)Nc2cccc(Cl)c2C)cc1. The number of benzene rings is 3. The van der Waals surface area contributed by atoms with Crippen LogP contribution in [0.25, 0.3) is 0 Å². The third-order valence-electron chi connectivity index (χ3n) is 5.56. The van der Waals surface area contributed by atoms with Gasteiger partial charge in [-0.1, -0.05) is 49.7 Å². The van der Waals surface area contributed by atoms with Gasteiger partial charge in [-0.05, 0) is 79.8 Å². The fourth-order valence-electron chi connectivity index (χ4n) is 3.51. The molecule has 0 saturated heterocycles. The van der Waals surface area contributed by atoms with Crippen LogP contribution in [0, 0.1) is 6.92 Å². The van der Waals surface area contributed by atoms with Crippen LogP contribution in [0.2, 0.25) is 5.02 Å². The molecule has 1 atom stereocenters. The van der Waals surface area contributed by atoms with E-state index in [2.05, 4.69) is 24.5 Å². The van der Waals surface area contributed by atoms with Gasteiger partial charge < -0.3 is 15.4 Å². The molecule has 0 aromatic heterocycles. The minimum absolute atomic E-state index is 0.181. The number of carbonyl (C=O) groups excluding carboxylic acids is 2. The molecule has 0 aliphatic carbocycles. The van der Waals surface area contributed by atoms with Crippen LogP contribution in [0.15, 0.2) is 60.7 Å². The van der Waals surface area contributed by atoms with Gasteiger partial charge in [-0.25, -0.2) is 0 Å². The quantitative estimate of drug-likeness (QED) is 0.403. The normalized spacial score (nSPS) is 11.5. The van der Waals surface area contributed by atoms with E-state index >= 15 is 0 Å². The molecule has 0 bridgehead atoms. The lowest BCUT2D eigenvalue weighted by atomic mass is 10.0. The van der Waals surface area contributed by atoms with Gasteiger partial charge in [-0.2, -0.15) is 0 Å². The highest BCUT2D eigenvalue weighted by atomic mass is 35.5. The zero-order chi connectivity index (χ0) is 24.0. The van der Waals surface area contributed by atoms with Crippen LogP contribution >= 0.6 is 11.6 Å². The summed E-state index contributed by atoms with van der Waals surface area (Å²) in [7, 11) is 0. The molecule has 33 heavy (non-hydrogen) atoms. The smallest absolute Gasteiger partial charge is 0.265 e. The second kappa shape index (κ2) is 11.0. The molecule has 0 aliphatic rings. The Balaban J connectivity index is 1.65. The highest BCUT2D eigenvalue weighted by molar-refractivity contribution is 6.31. The van der Waals surface area contributed by atoms with Crippen molar-refractivity contribution in [3.63, 3.8) is 0 Å². The van der Waals surface area contributed by atoms with Crippen molar-refractivity contribution in [3.05, 3.63) is 87.9 Å². The highest BCUT2D eigenvalue weighted by Gasteiger charge is 2.17. The van der Waals surface area contributed by atoms with Gasteiger partial charge in [-0.15, -0.1) is 0 Å². The Labute approximate surface area is 200 Å². The first kappa shape index (κ1) is 24.3. The Kier molecular flexibility index (Phi) is 8.12. The van der Waals surface area contributed by atoms with Crippen LogP contribution < -0.4 is 15.4 Å². The van der Waals surface area contributed by atoms with E-state index in [1.54, 1.807) is 49.4 Å². The van der Waals surface area contributed by atoms with Crippen molar-refractivity contribution in [2.75, 3.05) is 10.6 Å². The summed E-state index contributed by atoms with van der Waals surface area (Å²) in [5.41, 5.74) is 5.06. The molecule has 6 heteroatoms. The fraction of sp³-hybridized carbons (Fsp3) is 0.259. The molecule has 3 aromatic carbocycles. The van der Waals surface area contributed by atoms with E-state index in [0.29, 0.717) is 22.0 Å². The number of hydrogen-bond donors (Lipinski definition) is 2. The largest absolute Gasteiger partial charge is 0.481 e. The molecule has 0 spiro atoms. The van der Waals surface area contributed by atoms with Gasteiger partial charge in [0.05, 0.1) is 0 Å². The number of halogens is 1. The number of aryl methyl sites for hydroxylation is 2. The van der Waals surface area contributed by atoms with Crippen molar-refractivity contribution in [2.24, 2.45) is 0 Å². The Bertz CT molecular complexity index is 1120. The maximum absolute atomic E-state index is 12.8. The Morgan fingerprint density at radius 1 is 0.909 bits per heavy atom. The number of ether oxygens (including phenoxy) is 1. The minimum Gasteiger partial charge on any atom is -0.481 e. The van der Waals surface area contributed by atoms with Crippen LogP contribution in [-0.2, 0) is 17.6 Å². The first-order chi connectivity index (χ1) is 15.8. The van der Waals surface area contributed by atoms with E-state index < -0.39 is 6.10 Å². The number of rotatable bonds is 8. The molecule has 3 aromatic rings. The molecule has 5 nitrogen and oxygen atoms in total. The van der Waals surface area contributed by atoms with Crippen LogP contribution in [0.4, 0.5) is 11.4 Å². The molecule has 1 unspecified atom stereocenters. The van der Waals surface area contributed by atoms with Gasteiger partial charge in [0, 0.05) is 22.0 Å². The zero-order valence-corrected chi connectivity index (χ0v) is 20.1. The average molecular weight is 465 g/mol. The highest BCUT2D eigenvalue weighted by Crippen LogP contribution is 2.25. The average Bonchev–Trinajstić information content (AvgIpc) is 2.82. The Morgan fingerprint density at radius 3 is 2.12 bits per heavy atom. The zero-order valence-electron chi connectivity index (χ0n) is 19.4. The monoisotopic (exact) mass is 464 g/mol. The summed E-state index contributed by atoms with van der Waals surface area (Å²) in [5, 5.41) is 6.48. The lowest BCUT2D eigenvalue weighted by Crippen LogP contribution is -2.30. The van der Waals surface area contributed by atoms with E-state index in [1.165, 1.54) is 0 Å². The van der Waals surface area contributed by atoms with Gasteiger partial charge in [0.2, 0.25) is 0 Å². The molecule has 0 fully saturated rings. The van der Waals surface area contributed by atoms with Crippen molar-refractivity contribution in [3.8, 4) is 5.75 Å². The number of hydrogen-bond acceptors (Lipinski definition) is 3. The maximum atomic E-state index is 12.8. The lowest BCUT2D eigenvalue weighted by Gasteiger charge is -2.17. The van der Waals surface area contributed by atoms with Gasteiger partial charge >= 0.3 is 0 Å². The van der Waals surface area contributed by atoms with Crippen LogP contribution in [-0.4, -0.2) is 17.9 Å². The summed E-state index contributed by atoms with van der Waals surface area (Å²) in [6.45, 7) is 7.66. The second-order valence-electron chi connectivity index (χ2n) is 7.80. The van der Waals surface area contributed by atoms with Crippen molar-refractivity contribution >= 4 is 34.8 Å². The number of para-hydroxylation sites is 1. The number of carbonyl (C=O) groups is 2. The van der Waals surface area contributed by atoms with E-state index in [4.69, 9.17) is 16.3 Å². The standard InChI is InChI=1S/C27H29ClN2O3/c1-5-19-9-7-10-20(6-2)25(19)30-27(32)21-13-15-22(16-14-21)33-18(4)26(31)29-24-12-8-11-23(28)17(24)3/h7-16,18H,5-6H2,1-4H3,(H,29,31)(H,30,32). The van der Waals surface area contributed by atoms with E-state index in [0.717, 1.165) is 35.2 Å². The molecule has 172 valence electrons. The molecule has 0 heterocycles. The van der Waals surface area contributed by atoms with E-state index in [1.807, 2.05) is 25.1 Å². The van der Waals surface area contributed by atoms with Crippen molar-refractivity contribution in [2.45, 2.75) is 46.6 Å². The first-order valence-corrected chi connectivity index (χ1v) is 11.5. The molecule has 3 rings (SSSR count). The number of amides is 2. The van der Waals surface area contributed by atoms with Gasteiger partial charge in [0.1, 0.15) is 5.75 Å². The Hall–Kier alpha value is -3.31. The Morgan fingerprint density at radius 2 is 1.52 bits per heavy atom. The number of anilines is 2. The summed E-state index contributed by atoms with van der Waals surface area (Å²) < 4.78 is 5.77. The van der Waals surface area contributed by atoms with Crippen molar-refractivity contribution in [1.29, 1.82) is 0 Å². The molecular weight excluding hydrogens is 436 g/mol. The first-order valence-electron chi connectivity index (χ1n) is 11.1. The van der Waals surface area contributed by atoms with Crippen LogP contribution in [0.1, 0.15) is 47.8 Å². The third kappa shape index (κ3) is 5.93. The molecule has 0 saturated carbocycles. The summed E-state index contributed by atoms with van der Waals surface area (Å²) >= 11 is 6.12. The van der Waals surface area contributed by atoms with Gasteiger partial charge in [0.25, 0.3) is 11.8 Å². The topological polar surface area (TPSA) is 67.4 Å². The lowest BCUT2D eigenvalue weighted by molar-refractivity contribution is -0.122. The minimum atomic E-state index is -0.730. The van der Waals surface area contributed by atoms with Crippen LogP contribution in [0.5, 0.6) is 5.75 Å².